The Bertz CT molecular complexity index is 583. The van der Waals surface area contributed by atoms with E-state index in [1.165, 1.54) is 37.7 Å². The van der Waals surface area contributed by atoms with Crippen molar-refractivity contribution in [1.29, 1.82) is 0 Å². The normalized spacial score (nSPS) is 36.6. The standard InChI is InChI=1S/C20H28N2O2/c1-13-3-5-18(6-4-13)22-19(23)21-12-20(24-2)16-8-14-7-15(10-16)11-17(20)9-14/h3-6,14-17H,7-12H2,1-2H3,(H2,21,22,23). The van der Waals surface area contributed by atoms with E-state index in [-0.39, 0.29) is 11.6 Å². The smallest absolute Gasteiger partial charge is 0.319 e. The molecular formula is C20H28N2O2. The summed E-state index contributed by atoms with van der Waals surface area (Å²) in [5, 5.41) is 6.02. The molecule has 4 aliphatic rings. The molecule has 4 nitrogen and oxygen atoms in total. The molecule has 0 spiro atoms. The number of amides is 2. The number of carbonyl (C=O) groups excluding carboxylic acids is 1. The second-order valence-corrected chi connectivity index (χ2v) is 8.14. The molecule has 24 heavy (non-hydrogen) atoms. The first kappa shape index (κ1) is 15.9. The molecule has 0 atom stereocenters. The number of ether oxygens (including phenoxy) is 1. The maximum atomic E-state index is 12.3. The van der Waals surface area contributed by atoms with Crippen molar-refractivity contribution in [2.24, 2.45) is 23.7 Å². The topological polar surface area (TPSA) is 50.4 Å². The Hall–Kier alpha value is -1.55. The summed E-state index contributed by atoms with van der Waals surface area (Å²) in [4.78, 5) is 12.3. The van der Waals surface area contributed by atoms with Gasteiger partial charge in [0.2, 0.25) is 0 Å². The van der Waals surface area contributed by atoms with E-state index < -0.39 is 0 Å². The van der Waals surface area contributed by atoms with Crippen molar-refractivity contribution < 1.29 is 9.53 Å². The first-order chi connectivity index (χ1) is 11.6. The molecule has 1 aromatic rings. The van der Waals surface area contributed by atoms with Crippen LogP contribution in [-0.4, -0.2) is 25.3 Å². The van der Waals surface area contributed by atoms with Gasteiger partial charge in [-0.25, -0.2) is 4.79 Å². The largest absolute Gasteiger partial charge is 0.376 e. The van der Waals surface area contributed by atoms with Gasteiger partial charge < -0.3 is 15.4 Å². The van der Waals surface area contributed by atoms with Crippen LogP contribution in [0, 0.1) is 30.6 Å². The lowest BCUT2D eigenvalue weighted by Crippen LogP contribution is -2.63. The lowest BCUT2D eigenvalue weighted by Gasteiger charge is -2.60. The second kappa shape index (κ2) is 6.07. The van der Waals surface area contributed by atoms with Crippen LogP contribution in [0.1, 0.15) is 37.7 Å². The zero-order valence-corrected chi connectivity index (χ0v) is 14.7. The molecule has 0 aromatic heterocycles. The summed E-state index contributed by atoms with van der Waals surface area (Å²) in [7, 11) is 1.84. The number of aryl methyl sites for hydroxylation is 1. The third-order valence-corrected chi connectivity index (χ3v) is 6.73. The molecule has 130 valence electrons. The zero-order chi connectivity index (χ0) is 16.7. The summed E-state index contributed by atoms with van der Waals surface area (Å²) in [6.45, 7) is 2.66. The van der Waals surface area contributed by atoms with Gasteiger partial charge in [-0.1, -0.05) is 17.7 Å². The fraction of sp³-hybridized carbons (Fsp3) is 0.650. The fourth-order valence-electron chi connectivity index (χ4n) is 5.71. The van der Waals surface area contributed by atoms with Crippen LogP contribution >= 0.6 is 0 Å². The highest BCUT2D eigenvalue weighted by Gasteiger charge is 2.57. The molecule has 0 unspecified atom stereocenters. The van der Waals surface area contributed by atoms with Gasteiger partial charge in [0.15, 0.2) is 0 Å². The Labute approximate surface area is 144 Å². The van der Waals surface area contributed by atoms with Gasteiger partial charge in [0.25, 0.3) is 0 Å². The Morgan fingerprint density at radius 3 is 2.21 bits per heavy atom. The van der Waals surface area contributed by atoms with Crippen molar-refractivity contribution in [3.05, 3.63) is 29.8 Å². The number of urea groups is 1. The van der Waals surface area contributed by atoms with Crippen LogP contribution in [0.3, 0.4) is 0 Å². The molecule has 0 saturated heterocycles. The maximum absolute atomic E-state index is 12.3. The van der Waals surface area contributed by atoms with Crippen LogP contribution in [0.4, 0.5) is 10.5 Å². The minimum Gasteiger partial charge on any atom is -0.376 e. The second-order valence-electron chi connectivity index (χ2n) is 8.14. The van der Waals surface area contributed by atoms with E-state index in [4.69, 9.17) is 4.74 Å². The highest BCUT2D eigenvalue weighted by atomic mass is 16.5. The maximum Gasteiger partial charge on any atom is 0.319 e. The van der Waals surface area contributed by atoms with E-state index >= 15 is 0 Å². The molecule has 4 aliphatic carbocycles. The van der Waals surface area contributed by atoms with Gasteiger partial charge in [-0.05, 0) is 74.8 Å². The number of carbonyl (C=O) groups is 1. The molecular weight excluding hydrogens is 300 g/mol. The molecule has 0 heterocycles. The monoisotopic (exact) mass is 328 g/mol. The predicted octanol–water partition coefficient (Wildman–Crippen LogP) is 3.96. The molecule has 4 heteroatoms. The van der Waals surface area contributed by atoms with Crippen LogP contribution in [0.15, 0.2) is 24.3 Å². The van der Waals surface area contributed by atoms with Gasteiger partial charge in [-0.2, -0.15) is 0 Å². The Morgan fingerprint density at radius 2 is 1.67 bits per heavy atom. The van der Waals surface area contributed by atoms with Gasteiger partial charge in [-0.3, -0.25) is 0 Å². The first-order valence-corrected chi connectivity index (χ1v) is 9.25. The first-order valence-electron chi connectivity index (χ1n) is 9.25. The molecule has 4 saturated carbocycles. The molecule has 0 aliphatic heterocycles. The molecule has 4 bridgehead atoms. The Kier molecular flexibility index (Phi) is 4.03. The molecule has 2 N–H and O–H groups in total. The van der Waals surface area contributed by atoms with Crippen LogP contribution < -0.4 is 10.6 Å². The highest BCUT2D eigenvalue weighted by Crippen LogP contribution is 2.59. The van der Waals surface area contributed by atoms with Crippen molar-refractivity contribution >= 4 is 11.7 Å². The van der Waals surface area contributed by atoms with E-state index in [2.05, 4.69) is 10.6 Å². The van der Waals surface area contributed by atoms with Crippen LogP contribution in [-0.2, 0) is 4.74 Å². The third-order valence-electron chi connectivity index (χ3n) is 6.73. The van der Waals surface area contributed by atoms with Gasteiger partial charge in [-0.15, -0.1) is 0 Å². The quantitative estimate of drug-likeness (QED) is 0.879. The fourth-order valence-corrected chi connectivity index (χ4v) is 5.71. The average molecular weight is 328 g/mol. The van der Waals surface area contributed by atoms with Crippen molar-refractivity contribution in [3.8, 4) is 0 Å². The van der Waals surface area contributed by atoms with Crippen molar-refractivity contribution in [2.45, 2.75) is 44.6 Å². The molecule has 0 radical (unpaired) electrons. The molecule has 4 fully saturated rings. The number of hydrogen-bond donors (Lipinski definition) is 2. The summed E-state index contributed by atoms with van der Waals surface area (Å²) in [5.74, 6) is 3.02. The number of nitrogens with one attached hydrogen (secondary N) is 2. The number of anilines is 1. The summed E-state index contributed by atoms with van der Waals surface area (Å²) >= 11 is 0. The summed E-state index contributed by atoms with van der Waals surface area (Å²) < 4.78 is 6.09. The third kappa shape index (κ3) is 2.71. The lowest BCUT2D eigenvalue weighted by molar-refractivity contribution is -0.186. The summed E-state index contributed by atoms with van der Waals surface area (Å²) in [5.41, 5.74) is 1.86. The van der Waals surface area contributed by atoms with Gasteiger partial charge >= 0.3 is 6.03 Å². The van der Waals surface area contributed by atoms with Crippen molar-refractivity contribution in [3.63, 3.8) is 0 Å². The van der Waals surface area contributed by atoms with Crippen LogP contribution in [0.5, 0.6) is 0 Å². The van der Waals surface area contributed by atoms with Crippen molar-refractivity contribution in [2.75, 3.05) is 19.0 Å². The van der Waals surface area contributed by atoms with E-state index in [0.29, 0.717) is 18.4 Å². The molecule has 2 amide bonds. The SMILES string of the molecule is COC1(CNC(=O)Nc2ccc(C)cc2)C2CC3CC(C2)CC1C3. The van der Waals surface area contributed by atoms with Crippen LogP contribution in [0.25, 0.3) is 0 Å². The number of hydrogen-bond acceptors (Lipinski definition) is 2. The Balaban J connectivity index is 1.40. The number of methoxy groups -OCH3 is 1. The van der Waals surface area contributed by atoms with Gasteiger partial charge in [0, 0.05) is 19.3 Å². The van der Waals surface area contributed by atoms with E-state index in [1.807, 2.05) is 38.3 Å². The van der Waals surface area contributed by atoms with Gasteiger partial charge in [0.05, 0.1) is 5.60 Å². The van der Waals surface area contributed by atoms with E-state index in [0.717, 1.165) is 17.5 Å². The van der Waals surface area contributed by atoms with Crippen LogP contribution in [0.2, 0.25) is 0 Å². The number of rotatable bonds is 4. The Morgan fingerprint density at radius 1 is 1.08 bits per heavy atom. The predicted molar refractivity (Wildman–Crippen MR) is 95.0 cm³/mol. The lowest BCUT2D eigenvalue weighted by atomic mass is 9.49. The minimum absolute atomic E-state index is 0.135. The highest BCUT2D eigenvalue weighted by molar-refractivity contribution is 5.89. The number of benzene rings is 1. The average Bonchev–Trinajstić information content (AvgIpc) is 2.56. The zero-order valence-electron chi connectivity index (χ0n) is 14.7. The van der Waals surface area contributed by atoms with E-state index in [1.54, 1.807) is 0 Å². The summed E-state index contributed by atoms with van der Waals surface area (Å²) in [6, 6.07) is 7.74. The van der Waals surface area contributed by atoms with Gasteiger partial charge in [0.1, 0.15) is 0 Å². The molecule has 1 aromatic carbocycles. The summed E-state index contributed by atoms with van der Waals surface area (Å²) in [6.07, 6.45) is 6.54. The van der Waals surface area contributed by atoms with Crippen molar-refractivity contribution in [1.82, 2.24) is 5.32 Å². The van der Waals surface area contributed by atoms with E-state index in [9.17, 15) is 4.79 Å². The minimum atomic E-state index is -0.155. The molecule has 5 rings (SSSR count).